The summed E-state index contributed by atoms with van der Waals surface area (Å²) in [4.78, 5) is 0. The maximum Gasteiger partial charge on any atom is 0.0458 e. The van der Waals surface area contributed by atoms with E-state index in [1.54, 1.807) is 0 Å². The standard InChI is InChI=1S/C14H30N2/c1-8-10-12(11(3)4)13(15-7)14(5,6)16-9-2/h10-11,13,15-16H,8-9H2,1-7H3/b12-10+. The molecule has 2 N–H and O–H groups in total. The molecule has 2 nitrogen and oxygen atoms in total. The van der Waals surface area contributed by atoms with Gasteiger partial charge < -0.3 is 10.6 Å². The van der Waals surface area contributed by atoms with Crippen LogP contribution in [0.25, 0.3) is 0 Å². The second kappa shape index (κ2) is 7.08. The minimum absolute atomic E-state index is 0.0920. The van der Waals surface area contributed by atoms with Crippen LogP contribution in [-0.4, -0.2) is 25.2 Å². The van der Waals surface area contributed by atoms with Gasteiger partial charge in [0, 0.05) is 11.6 Å². The average Bonchev–Trinajstić information content (AvgIpc) is 2.16. The van der Waals surface area contributed by atoms with Crippen LogP contribution in [-0.2, 0) is 0 Å². The molecule has 0 aromatic carbocycles. The van der Waals surface area contributed by atoms with Crippen LogP contribution in [0, 0.1) is 5.92 Å². The number of rotatable bonds is 7. The third-order valence-electron chi connectivity index (χ3n) is 3.08. The predicted octanol–water partition coefficient (Wildman–Crippen LogP) is 2.95. The van der Waals surface area contributed by atoms with E-state index in [4.69, 9.17) is 0 Å². The summed E-state index contributed by atoms with van der Waals surface area (Å²) in [7, 11) is 2.05. The largest absolute Gasteiger partial charge is 0.312 e. The molecule has 0 aliphatic carbocycles. The van der Waals surface area contributed by atoms with Gasteiger partial charge in [-0.25, -0.2) is 0 Å². The topological polar surface area (TPSA) is 24.1 Å². The molecule has 0 aromatic heterocycles. The predicted molar refractivity (Wildman–Crippen MR) is 73.8 cm³/mol. The van der Waals surface area contributed by atoms with E-state index >= 15 is 0 Å². The van der Waals surface area contributed by atoms with Crippen LogP contribution in [0.1, 0.15) is 48.0 Å². The molecule has 0 heterocycles. The Morgan fingerprint density at radius 1 is 1.25 bits per heavy atom. The molecule has 0 aliphatic heterocycles. The lowest BCUT2D eigenvalue weighted by Gasteiger charge is -2.38. The molecule has 0 radical (unpaired) electrons. The monoisotopic (exact) mass is 226 g/mol. The molecule has 0 saturated heterocycles. The molecule has 96 valence electrons. The fourth-order valence-electron chi connectivity index (χ4n) is 2.42. The molecule has 0 saturated carbocycles. The quantitative estimate of drug-likeness (QED) is 0.652. The Labute approximate surface area is 102 Å². The van der Waals surface area contributed by atoms with Crippen LogP contribution in [0.2, 0.25) is 0 Å². The van der Waals surface area contributed by atoms with Crippen molar-refractivity contribution in [3.8, 4) is 0 Å². The van der Waals surface area contributed by atoms with Gasteiger partial charge >= 0.3 is 0 Å². The first-order valence-electron chi connectivity index (χ1n) is 6.52. The molecule has 1 atom stereocenters. The maximum absolute atomic E-state index is 3.56. The first kappa shape index (κ1) is 15.7. The van der Waals surface area contributed by atoms with Gasteiger partial charge in [-0.1, -0.05) is 39.3 Å². The molecule has 2 heteroatoms. The van der Waals surface area contributed by atoms with Gasteiger partial charge in [-0.05, 0) is 39.8 Å². The second-order valence-electron chi connectivity index (χ2n) is 5.24. The van der Waals surface area contributed by atoms with Crippen LogP contribution >= 0.6 is 0 Å². The Kier molecular flexibility index (Phi) is 6.93. The van der Waals surface area contributed by atoms with E-state index in [2.05, 4.69) is 65.3 Å². The second-order valence-corrected chi connectivity index (χ2v) is 5.24. The Morgan fingerprint density at radius 2 is 1.81 bits per heavy atom. The van der Waals surface area contributed by atoms with Crippen molar-refractivity contribution in [2.45, 2.75) is 59.5 Å². The minimum atomic E-state index is 0.0920. The lowest BCUT2D eigenvalue weighted by atomic mass is 9.82. The van der Waals surface area contributed by atoms with Crippen LogP contribution in [0.15, 0.2) is 11.6 Å². The molecular weight excluding hydrogens is 196 g/mol. The maximum atomic E-state index is 3.56. The zero-order valence-corrected chi connectivity index (χ0v) is 12.1. The normalized spacial score (nSPS) is 15.6. The SMILES string of the molecule is CC/C=C(\C(C)C)C(NC)C(C)(C)NCC. The Bertz CT molecular complexity index is 217. The lowest BCUT2D eigenvalue weighted by Crippen LogP contribution is -2.56. The average molecular weight is 226 g/mol. The van der Waals surface area contributed by atoms with Crippen molar-refractivity contribution in [3.63, 3.8) is 0 Å². The number of allylic oxidation sites excluding steroid dienone is 1. The summed E-state index contributed by atoms with van der Waals surface area (Å²) >= 11 is 0. The van der Waals surface area contributed by atoms with E-state index < -0.39 is 0 Å². The van der Waals surface area contributed by atoms with Gasteiger partial charge in [0.2, 0.25) is 0 Å². The molecule has 0 spiro atoms. The zero-order chi connectivity index (χ0) is 12.8. The van der Waals surface area contributed by atoms with Gasteiger partial charge in [-0.15, -0.1) is 0 Å². The Morgan fingerprint density at radius 3 is 2.12 bits per heavy atom. The Balaban J connectivity index is 5.00. The first-order valence-corrected chi connectivity index (χ1v) is 6.52. The van der Waals surface area contributed by atoms with Gasteiger partial charge in [-0.3, -0.25) is 0 Å². The van der Waals surface area contributed by atoms with Crippen LogP contribution in [0.3, 0.4) is 0 Å². The van der Waals surface area contributed by atoms with Crippen LogP contribution < -0.4 is 10.6 Å². The third-order valence-corrected chi connectivity index (χ3v) is 3.08. The van der Waals surface area contributed by atoms with E-state index in [9.17, 15) is 0 Å². The molecule has 0 rings (SSSR count). The highest BCUT2D eigenvalue weighted by molar-refractivity contribution is 5.19. The van der Waals surface area contributed by atoms with Crippen molar-refractivity contribution >= 4 is 0 Å². The molecule has 0 aliphatic rings. The summed E-state index contributed by atoms with van der Waals surface area (Å²) in [6.07, 6.45) is 3.47. The van der Waals surface area contributed by atoms with E-state index in [0.29, 0.717) is 12.0 Å². The Hall–Kier alpha value is -0.340. The van der Waals surface area contributed by atoms with Gasteiger partial charge in [0.15, 0.2) is 0 Å². The van der Waals surface area contributed by atoms with Gasteiger partial charge in [-0.2, -0.15) is 0 Å². The fraction of sp³-hybridized carbons (Fsp3) is 0.857. The van der Waals surface area contributed by atoms with Crippen molar-refractivity contribution in [1.82, 2.24) is 10.6 Å². The highest BCUT2D eigenvalue weighted by Crippen LogP contribution is 2.23. The van der Waals surface area contributed by atoms with Crippen molar-refractivity contribution < 1.29 is 0 Å². The highest BCUT2D eigenvalue weighted by Gasteiger charge is 2.30. The summed E-state index contributed by atoms with van der Waals surface area (Å²) in [6.45, 7) is 14.4. The third kappa shape index (κ3) is 4.26. The lowest BCUT2D eigenvalue weighted by molar-refractivity contribution is 0.308. The van der Waals surface area contributed by atoms with Crippen molar-refractivity contribution in [2.24, 2.45) is 5.92 Å². The van der Waals surface area contributed by atoms with E-state index in [1.165, 1.54) is 5.57 Å². The summed E-state index contributed by atoms with van der Waals surface area (Å²) in [5, 5.41) is 7.03. The molecule has 0 aromatic rings. The molecule has 0 amide bonds. The zero-order valence-electron chi connectivity index (χ0n) is 12.1. The summed E-state index contributed by atoms with van der Waals surface area (Å²) in [5.74, 6) is 0.593. The van der Waals surface area contributed by atoms with Gasteiger partial charge in [0.1, 0.15) is 0 Å². The molecular formula is C14H30N2. The summed E-state index contributed by atoms with van der Waals surface area (Å²) in [5.41, 5.74) is 1.60. The van der Waals surface area contributed by atoms with Gasteiger partial charge in [0.25, 0.3) is 0 Å². The van der Waals surface area contributed by atoms with Crippen molar-refractivity contribution in [2.75, 3.05) is 13.6 Å². The smallest absolute Gasteiger partial charge is 0.0458 e. The molecule has 0 bridgehead atoms. The molecule has 0 fully saturated rings. The number of hydrogen-bond acceptors (Lipinski definition) is 2. The van der Waals surface area contributed by atoms with Crippen LogP contribution in [0.5, 0.6) is 0 Å². The minimum Gasteiger partial charge on any atom is -0.312 e. The van der Waals surface area contributed by atoms with Crippen molar-refractivity contribution in [1.29, 1.82) is 0 Å². The number of hydrogen-bond donors (Lipinski definition) is 2. The first-order chi connectivity index (χ1) is 7.40. The summed E-state index contributed by atoms with van der Waals surface area (Å²) < 4.78 is 0. The summed E-state index contributed by atoms with van der Waals surface area (Å²) in [6, 6.07) is 0.396. The molecule has 16 heavy (non-hydrogen) atoms. The number of likely N-dealkylation sites (N-methyl/N-ethyl adjacent to an activating group) is 2. The van der Waals surface area contributed by atoms with Gasteiger partial charge in [0.05, 0.1) is 0 Å². The van der Waals surface area contributed by atoms with E-state index in [0.717, 1.165) is 13.0 Å². The van der Waals surface area contributed by atoms with E-state index in [-0.39, 0.29) is 5.54 Å². The fourth-order valence-corrected chi connectivity index (χ4v) is 2.42. The van der Waals surface area contributed by atoms with Crippen LogP contribution in [0.4, 0.5) is 0 Å². The number of nitrogens with one attached hydrogen (secondary N) is 2. The van der Waals surface area contributed by atoms with E-state index in [1.807, 2.05) is 0 Å². The van der Waals surface area contributed by atoms with Crippen molar-refractivity contribution in [3.05, 3.63) is 11.6 Å². The molecule has 1 unspecified atom stereocenters. The highest BCUT2D eigenvalue weighted by atomic mass is 15.0.